The fraction of sp³-hybridized carbons (Fsp3) is 1.00. The maximum absolute atomic E-state index is 2.51. The van der Waals surface area contributed by atoms with Crippen LogP contribution in [0.25, 0.3) is 0 Å². The smallest absolute Gasteiger partial charge is 0.0277 e. The van der Waals surface area contributed by atoms with Gasteiger partial charge in [0.2, 0.25) is 0 Å². The lowest BCUT2D eigenvalue weighted by molar-refractivity contribution is 0.0721. The van der Waals surface area contributed by atoms with Gasteiger partial charge in [-0.15, -0.1) is 0 Å². The van der Waals surface area contributed by atoms with Gasteiger partial charge in [-0.1, -0.05) is 68.7 Å². The highest BCUT2D eigenvalue weighted by Gasteiger charge is 2.44. The Kier molecular flexibility index (Phi) is 6.17. The Balaban J connectivity index is 2.54. The van der Waals surface area contributed by atoms with Gasteiger partial charge < -0.3 is 0 Å². The Morgan fingerprint density at radius 3 is 1.95 bits per heavy atom. The minimum atomic E-state index is 0.507. The number of hydrogen-bond acceptors (Lipinski definition) is 0. The van der Waals surface area contributed by atoms with Crippen molar-refractivity contribution in [2.24, 2.45) is 46.8 Å². The first-order valence-corrected chi connectivity index (χ1v) is 9.15. The van der Waals surface area contributed by atoms with Crippen molar-refractivity contribution in [2.45, 2.75) is 81.6 Å². The van der Waals surface area contributed by atoms with Crippen LogP contribution >= 0.6 is 0 Å². The van der Waals surface area contributed by atoms with Crippen LogP contribution in [-0.4, -0.2) is 0 Å². The summed E-state index contributed by atoms with van der Waals surface area (Å²) in [6.07, 6.45) is 4.28. The van der Waals surface area contributed by atoms with E-state index in [1.807, 2.05) is 0 Å². The van der Waals surface area contributed by atoms with Crippen LogP contribution in [0.2, 0.25) is 0 Å². The van der Waals surface area contributed by atoms with Gasteiger partial charge in [0.25, 0.3) is 0 Å². The largest absolute Gasteiger partial charge is 0.0648 e. The summed E-state index contributed by atoms with van der Waals surface area (Å²) >= 11 is 0. The summed E-state index contributed by atoms with van der Waals surface area (Å²) in [5, 5.41) is 0. The molecule has 1 aliphatic rings. The SMILES string of the molecule is CCC(C)(C(C)C)C(C)C(C)CC1CC1C(C)C(C)C. The van der Waals surface area contributed by atoms with E-state index in [1.165, 1.54) is 19.3 Å². The highest BCUT2D eigenvalue weighted by molar-refractivity contribution is 4.93. The lowest BCUT2D eigenvalue weighted by atomic mass is 9.63. The van der Waals surface area contributed by atoms with E-state index in [4.69, 9.17) is 0 Å². The van der Waals surface area contributed by atoms with Crippen LogP contribution in [0.3, 0.4) is 0 Å². The molecule has 1 aliphatic carbocycles. The molecule has 0 N–H and O–H groups in total. The zero-order valence-corrected chi connectivity index (χ0v) is 15.7. The summed E-state index contributed by atoms with van der Waals surface area (Å²) in [7, 11) is 0. The van der Waals surface area contributed by atoms with Crippen molar-refractivity contribution in [1.29, 1.82) is 0 Å². The van der Waals surface area contributed by atoms with Gasteiger partial charge in [0, 0.05) is 0 Å². The molecule has 120 valence electrons. The van der Waals surface area contributed by atoms with Crippen molar-refractivity contribution in [3.8, 4) is 0 Å². The first-order valence-electron chi connectivity index (χ1n) is 9.15. The van der Waals surface area contributed by atoms with Gasteiger partial charge >= 0.3 is 0 Å². The molecule has 1 fully saturated rings. The summed E-state index contributed by atoms with van der Waals surface area (Å²) in [4.78, 5) is 0. The average molecular weight is 281 g/mol. The molecule has 0 radical (unpaired) electrons. The fourth-order valence-electron chi connectivity index (χ4n) is 4.27. The van der Waals surface area contributed by atoms with Crippen LogP contribution < -0.4 is 0 Å². The van der Waals surface area contributed by atoms with E-state index in [-0.39, 0.29) is 0 Å². The van der Waals surface area contributed by atoms with E-state index in [0.717, 1.165) is 41.4 Å². The first-order chi connectivity index (χ1) is 9.15. The first kappa shape index (κ1) is 18.1. The Labute approximate surface area is 129 Å². The third-order valence-electron chi connectivity index (χ3n) is 7.35. The van der Waals surface area contributed by atoms with Crippen molar-refractivity contribution in [2.75, 3.05) is 0 Å². The van der Waals surface area contributed by atoms with E-state index >= 15 is 0 Å². The monoisotopic (exact) mass is 280 g/mol. The zero-order valence-electron chi connectivity index (χ0n) is 15.7. The van der Waals surface area contributed by atoms with Crippen molar-refractivity contribution >= 4 is 0 Å². The van der Waals surface area contributed by atoms with Gasteiger partial charge in [-0.25, -0.2) is 0 Å². The summed E-state index contributed by atoms with van der Waals surface area (Å²) in [5.41, 5.74) is 0.507. The fourth-order valence-corrected chi connectivity index (χ4v) is 4.27. The summed E-state index contributed by atoms with van der Waals surface area (Å²) in [6.45, 7) is 22.0. The van der Waals surface area contributed by atoms with Crippen molar-refractivity contribution < 1.29 is 0 Å². The molecule has 1 saturated carbocycles. The van der Waals surface area contributed by atoms with Crippen molar-refractivity contribution in [3.05, 3.63) is 0 Å². The van der Waals surface area contributed by atoms with E-state index in [2.05, 4.69) is 62.3 Å². The van der Waals surface area contributed by atoms with Gasteiger partial charge in [-0.3, -0.25) is 0 Å². The van der Waals surface area contributed by atoms with E-state index in [0.29, 0.717) is 5.41 Å². The average Bonchev–Trinajstić information content (AvgIpc) is 3.14. The Bertz CT molecular complexity index is 290. The summed E-state index contributed by atoms with van der Waals surface area (Å²) in [5.74, 6) is 6.32. The van der Waals surface area contributed by atoms with Crippen LogP contribution in [0.1, 0.15) is 81.6 Å². The topological polar surface area (TPSA) is 0 Å². The second-order valence-corrected chi connectivity index (χ2v) is 8.78. The number of rotatable bonds is 8. The van der Waals surface area contributed by atoms with Crippen LogP contribution in [0.15, 0.2) is 0 Å². The van der Waals surface area contributed by atoms with Gasteiger partial charge in [-0.2, -0.15) is 0 Å². The van der Waals surface area contributed by atoms with Crippen LogP contribution in [0.5, 0.6) is 0 Å². The Hall–Kier alpha value is 0. The second-order valence-electron chi connectivity index (χ2n) is 8.78. The normalized spacial score (nSPS) is 30.1. The van der Waals surface area contributed by atoms with Crippen molar-refractivity contribution in [1.82, 2.24) is 0 Å². The molecule has 0 amide bonds. The highest BCUT2D eigenvalue weighted by Crippen LogP contribution is 2.52. The van der Waals surface area contributed by atoms with Gasteiger partial charge in [0.1, 0.15) is 0 Å². The van der Waals surface area contributed by atoms with Crippen molar-refractivity contribution in [3.63, 3.8) is 0 Å². The molecular weight excluding hydrogens is 240 g/mol. The molecule has 0 aromatic heterocycles. The highest BCUT2D eigenvalue weighted by atomic mass is 14.5. The molecule has 0 heteroatoms. The summed E-state index contributed by atoms with van der Waals surface area (Å²) in [6, 6.07) is 0. The molecule has 0 heterocycles. The lowest BCUT2D eigenvalue weighted by Gasteiger charge is -2.42. The molecule has 0 nitrogen and oxygen atoms in total. The molecule has 0 bridgehead atoms. The van der Waals surface area contributed by atoms with Crippen LogP contribution in [0, 0.1) is 46.8 Å². The molecule has 20 heavy (non-hydrogen) atoms. The minimum Gasteiger partial charge on any atom is -0.0648 e. The third kappa shape index (κ3) is 3.80. The quantitative estimate of drug-likeness (QED) is 0.467. The molecule has 0 saturated heterocycles. The maximum Gasteiger partial charge on any atom is -0.0277 e. The zero-order chi connectivity index (χ0) is 15.7. The Morgan fingerprint density at radius 2 is 1.55 bits per heavy atom. The lowest BCUT2D eigenvalue weighted by Crippen LogP contribution is -2.34. The predicted octanol–water partition coefficient (Wildman–Crippen LogP) is 6.65. The molecule has 0 aliphatic heterocycles. The second kappa shape index (κ2) is 6.84. The Morgan fingerprint density at radius 1 is 1.00 bits per heavy atom. The molecule has 6 atom stereocenters. The summed E-state index contributed by atoms with van der Waals surface area (Å²) < 4.78 is 0. The van der Waals surface area contributed by atoms with Gasteiger partial charge in [0.05, 0.1) is 0 Å². The standard InChI is InChI=1S/C20H40/c1-10-20(9,14(4)5)17(8)15(6)11-18-12-19(18)16(7)13(2)3/h13-19H,10-12H2,1-9H3. The van der Waals surface area contributed by atoms with Gasteiger partial charge in [-0.05, 0) is 59.7 Å². The minimum absolute atomic E-state index is 0.507. The van der Waals surface area contributed by atoms with Crippen LogP contribution in [-0.2, 0) is 0 Å². The van der Waals surface area contributed by atoms with Gasteiger partial charge in [0.15, 0.2) is 0 Å². The van der Waals surface area contributed by atoms with E-state index < -0.39 is 0 Å². The molecule has 6 unspecified atom stereocenters. The molecule has 0 aromatic carbocycles. The number of hydrogen-bond donors (Lipinski definition) is 0. The molecule has 0 aromatic rings. The van der Waals surface area contributed by atoms with E-state index in [1.54, 1.807) is 0 Å². The molecule has 0 spiro atoms. The maximum atomic E-state index is 2.51. The third-order valence-corrected chi connectivity index (χ3v) is 7.35. The van der Waals surface area contributed by atoms with E-state index in [9.17, 15) is 0 Å². The molecular formula is C20H40. The predicted molar refractivity (Wildman–Crippen MR) is 91.8 cm³/mol. The van der Waals surface area contributed by atoms with Crippen LogP contribution in [0.4, 0.5) is 0 Å². The molecule has 1 rings (SSSR count).